The second-order valence-corrected chi connectivity index (χ2v) is 7.27. The highest BCUT2D eigenvalue weighted by Gasteiger charge is 2.21. The highest BCUT2D eigenvalue weighted by molar-refractivity contribution is 7.30. The van der Waals surface area contributed by atoms with Gasteiger partial charge in [0, 0.05) is 0 Å². The van der Waals surface area contributed by atoms with Crippen molar-refractivity contribution in [3.8, 4) is 0 Å². The average Bonchev–Trinajstić information content (AvgIpc) is 3.07. The second kappa shape index (κ2) is 6.88. The summed E-state index contributed by atoms with van der Waals surface area (Å²) in [5, 5.41) is 3.61. The molecule has 0 saturated heterocycles. The second-order valence-electron chi connectivity index (χ2n) is 4.86. The summed E-state index contributed by atoms with van der Waals surface area (Å²) < 4.78 is 5.91. The molecule has 3 rings (SSSR count). The van der Waals surface area contributed by atoms with Gasteiger partial charge in [-0.15, -0.1) is 11.3 Å². The molecule has 0 saturated carbocycles. The quantitative estimate of drug-likeness (QED) is 0.663. The third kappa shape index (κ3) is 3.15. The van der Waals surface area contributed by atoms with Gasteiger partial charge in [-0.25, -0.2) is 9.78 Å². The first-order valence-corrected chi connectivity index (χ1v) is 9.15. The first-order valence-electron chi connectivity index (χ1n) is 7.14. The molecule has 0 spiro atoms. The van der Waals surface area contributed by atoms with E-state index in [9.17, 15) is 9.59 Å². The maximum absolute atomic E-state index is 12.3. The van der Waals surface area contributed by atoms with E-state index < -0.39 is 0 Å². The normalized spacial score (nSPS) is 10.8. The summed E-state index contributed by atoms with van der Waals surface area (Å²) in [7, 11) is 0. The van der Waals surface area contributed by atoms with E-state index in [0.29, 0.717) is 32.0 Å². The van der Waals surface area contributed by atoms with Gasteiger partial charge in [-0.05, 0) is 31.5 Å². The molecule has 0 aliphatic heterocycles. The van der Waals surface area contributed by atoms with Crippen LogP contribution in [0.15, 0.2) is 24.3 Å². The topological polar surface area (TPSA) is 68.3 Å². The van der Waals surface area contributed by atoms with Crippen molar-refractivity contribution >= 4 is 60.8 Å². The molecule has 3 aromatic rings. The molecule has 0 unspecified atom stereocenters. The number of nitrogens with zero attached hydrogens (tertiary/aromatic N) is 1. The van der Waals surface area contributed by atoms with Crippen molar-refractivity contribution in [3.63, 3.8) is 0 Å². The Balaban J connectivity index is 1.86. The van der Waals surface area contributed by atoms with Crippen LogP contribution in [0.1, 0.15) is 32.5 Å². The Morgan fingerprint density at radius 2 is 2.04 bits per heavy atom. The van der Waals surface area contributed by atoms with Gasteiger partial charge in [-0.2, -0.15) is 0 Å². The number of thiophene rings is 1. The van der Waals surface area contributed by atoms with Crippen LogP contribution in [-0.2, 0) is 4.74 Å². The lowest BCUT2D eigenvalue weighted by Gasteiger charge is -2.03. The monoisotopic (exact) mass is 380 g/mol. The lowest BCUT2D eigenvalue weighted by atomic mass is 10.2. The minimum atomic E-state index is -0.341. The van der Waals surface area contributed by atoms with Crippen molar-refractivity contribution < 1.29 is 14.3 Å². The molecule has 0 radical (unpaired) electrons. The standard InChI is InChI=1S/C16H13ClN2O3S2/c1-3-22-15(21)12-8(2)11-14(23-12)19-16(24-11)18-13(20)9-6-4-5-7-10(9)17/h4-7H,3H2,1-2H3,(H,18,19,20). The Morgan fingerprint density at radius 1 is 1.29 bits per heavy atom. The minimum Gasteiger partial charge on any atom is -0.462 e. The summed E-state index contributed by atoms with van der Waals surface area (Å²) in [4.78, 5) is 29.8. The Morgan fingerprint density at radius 3 is 2.71 bits per heavy atom. The van der Waals surface area contributed by atoms with Crippen molar-refractivity contribution in [1.29, 1.82) is 0 Å². The van der Waals surface area contributed by atoms with Gasteiger partial charge in [0.1, 0.15) is 9.71 Å². The number of fused-ring (bicyclic) bond motifs is 1. The van der Waals surface area contributed by atoms with E-state index in [1.54, 1.807) is 31.2 Å². The summed E-state index contributed by atoms with van der Waals surface area (Å²) in [5.74, 6) is -0.655. The number of rotatable bonds is 4. The predicted octanol–water partition coefficient (Wildman–Crippen LogP) is 4.75. The summed E-state index contributed by atoms with van der Waals surface area (Å²) in [6.07, 6.45) is 0. The Bertz CT molecular complexity index is 933. The number of hydrogen-bond acceptors (Lipinski definition) is 6. The van der Waals surface area contributed by atoms with E-state index >= 15 is 0 Å². The predicted molar refractivity (Wildman–Crippen MR) is 97.6 cm³/mol. The van der Waals surface area contributed by atoms with Gasteiger partial charge in [0.2, 0.25) is 0 Å². The van der Waals surface area contributed by atoms with Gasteiger partial charge in [-0.1, -0.05) is 35.1 Å². The zero-order valence-electron chi connectivity index (χ0n) is 12.9. The van der Waals surface area contributed by atoms with Gasteiger partial charge in [0.25, 0.3) is 5.91 Å². The number of thiazole rings is 1. The number of aryl methyl sites for hydroxylation is 1. The van der Waals surface area contributed by atoms with Gasteiger partial charge < -0.3 is 4.74 Å². The average molecular weight is 381 g/mol. The zero-order valence-corrected chi connectivity index (χ0v) is 15.3. The number of anilines is 1. The van der Waals surface area contributed by atoms with Crippen LogP contribution in [0.3, 0.4) is 0 Å². The summed E-state index contributed by atoms with van der Waals surface area (Å²) in [6, 6.07) is 6.82. The maximum atomic E-state index is 12.3. The molecule has 0 bridgehead atoms. The van der Waals surface area contributed by atoms with Gasteiger partial charge >= 0.3 is 5.97 Å². The van der Waals surface area contributed by atoms with Crippen molar-refractivity contribution in [3.05, 3.63) is 45.3 Å². The number of esters is 1. The summed E-state index contributed by atoms with van der Waals surface area (Å²) in [5.41, 5.74) is 1.21. The fourth-order valence-electron chi connectivity index (χ4n) is 2.14. The van der Waals surface area contributed by atoms with Crippen LogP contribution in [0.5, 0.6) is 0 Å². The number of halogens is 1. The number of hydrogen-bond donors (Lipinski definition) is 1. The van der Waals surface area contributed by atoms with E-state index in [1.165, 1.54) is 22.7 Å². The molecule has 0 atom stereocenters. The fourth-order valence-corrected chi connectivity index (χ4v) is 4.57. The Labute approximate surface area is 151 Å². The smallest absolute Gasteiger partial charge is 0.348 e. The summed E-state index contributed by atoms with van der Waals surface area (Å²) >= 11 is 8.62. The molecule has 2 aromatic heterocycles. The highest BCUT2D eigenvalue weighted by atomic mass is 35.5. The van der Waals surface area contributed by atoms with Crippen LogP contribution in [0, 0.1) is 6.92 Å². The van der Waals surface area contributed by atoms with Crippen LogP contribution in [-0.4, -0.2) is 23.5 Å². The number of nitrogens with one attached hydrogen (secondary N) is 1. The molecule has 0 fully saturated rings. The molecule has 1 N–H and O–H groups in total. The van der Waals surface area contributed by atoms with E-state index in [-0.39, 0.29) is 11.9 Å². The molecule has 124 valence electrons. The maximum Gasteiger partial charge on any atom is 0.348 e. The van der Waals surface area contributed by atoms with Crippen LogP contribution in [0.25, 0.3) is 9.53 Å². The molecule has 8 heteroatoms. The molecular formula is C16H13ClN2O3S2. The largest absolute Gasteiger partial charge is 0.462 e. The van der Waals surface area contributed by atoms with Crippen LogP contribution in [0.4, 0.5) is 5.13 Å². The molecule has 5 nitrogen and oxygen atoms in total. The van der Waals surface area contributed by atoms with E-state index in [4.69, 9.17) is 16.3 Å². The van der Waals surface area contributed by atoms with Crippen molar-refractivity contribution in [2.75, 3.05) is 11.9 Å². The Kier molecular flexibility index (Phi) is 4.84. The van der Waals surface area contributed by atoms with E-state index in [1.807, 2.05) is 6.92 Å². The SMILES string of the molecule is CCOC(=O)c1sc2nc(NC(=O)c3ccccc3Cl)sc2c1C. The van der Waals surface area contributed by atoms with Crippen LogP contribution in [0.2, 0.25) is 5.02 Å². The first-order chi connectivity index (χ1) is 11.5. The van der Waals surface area contributed by atoms with E-state index in [2.05, 4.69) is 10.3 Å². The Hall–Kier alpha value is -1.96. The molecule has 1 aromatic carbocycles. The number of aromatic nitrogens is 1. The molecule has 1 amide bonds. The summed E-state index contributed by atoms with van der Waals surface area (Å²) in [6.45, 7) is 3.95. The van der Waals surface area contributed by atoms with Gasteiger partial charge in [0.15, 0.2) is 5.13 Å². The number of amides is 1. The van der Waals surface area contributed by atoms with Crippen LogP contribution < -0.4 is 5.32 Å². The van der Waals surface area contributed by atoms with E-state index in [0.717, 1.165) is 10.3 Å². The molecule has 24 heavy (non-hydrogen) atoms. The van der Waals surface area contributed by atoms with Crippen molar-refractivity contribution in [2.24, 2.45) is 0 Å². The minimum absolute atomic E-state index is 0.315. The lowest BCUT2D eigenvalue weighted by Crippen LogP contribution is -2.12. The number of benzene rings is 1. The van der Waals surface area contributed by atoms with Crippen molar-refractivity contribution in [1.82, 2.24) is 4.98 Å². The highest BCUT2D eigenvalue weighted by Crippen LogP contribution is 2.37. The number of carbonyl (C=O) groups excluding carboxylic acids is 2. The molecule has 0 aliphatic carbocycles. The number of carbonyl (C=O) groups is 2. The van der Waals surface area contributed by atoms with Gasteiger partial charge in [0.05, 0.1) is 21.9 Å². The third-order valence-electron chi connectivity index (χ3n) is 3.28. The van der Waals surface area contributed by atoms with Crippen LogP contribution >= 0.6 is 34.3 Å². The fraction of sp³-hybridized carbons (Fsp3) is 0.188. The molecule has 0 aliphatic rings. The first kappa shape index (κ1) is 16.9. The van der Waals surface area contributed by atoms with Crippen molar-refractivity contribution in [2.45, 2.75) is 13.8 Å². The third-order valence-corrected chi connectivity index (χ3v) is 5.99. The molecule has 2 heterocycles. The lowest BCUT2D eigenvalue weighted by molar-refractivity contribution is 0.0531. The molecular weight excluding hydrogens is 368 g/mol. The van der Waals surface area contributed by atoms with Gasteiger partial charge in [-0.3, -0.25) is 10.1 Å². The zero-order chi connectivity index (χ0) is 17.3. The number of ether oxygens (including phenoxy) is 1.